The molecule has 0 aliphatic heterocycles. The number of ether oxygens (including phenoxy) is 3. The minimum Gasteiger partial charge on any atom is -0.497 e. The van der Waals surface area contributed by atoms with Crippen LogP contribution in [-0.2, 0) is 0 Å². The van der Waals surface area contributed by atoms with Crippen molar-refractivity contribution in [3.63, 3.8) is 0 Å². The van der Waals surface area contributed by atoms with Gasteiger partial charge in [0.05, 0.1) is 43.0 Å². The second-order valence-electron chi connectivity index (χ2n) is 6.73. The van der Waals surface area contributed by atoms with E-state index in [0.29, 0.717) is 45.2 Å². The van der Waals surface area contributed by atoms with Crippen molar-refractivity contribution in [2.75, 3.05) is 21.3 Å². The molecule has 158 valence electrons. The molecule has 4 aromatic rings. The average Bonchev–Trinajstić information content (AvgIpc) is 3.22. The zero-order chi connectivity index (χ0) is 22.0. The molecular weight excluding hydrogens is 414 g/mol. The van der Waals surface area contributed by atoms with Crippen molar-refractivity contribution in [2.24, 2.45) is 0 Å². The molecule has 2 heterocycles. The monoisotopic (exact) mass is 435 g/mol. The van der Waals surface area contributed by atoms with E-state index in [4.69, 9.17) is 18.6 Å². The first-order valence-electron chi connectivity index (χ1n) is 9.51. The molecule has 31 heavy (non-hydrogen) atoms. The number of aromatic nitrogens is 1. The molecule has 2 aromatic carbocycles. The largest absolute Gasteiger partial charge is 0.497 e. The first kappa shape index (κ1) is 20.7. The van der Waals surface area contributed by atoms with Crippen LogP contribution in [0.15, 0.2) is 51.0 Å². The van der Waals surface area contributed by atoms with Gasteiger partial charge in [-0.2, -0.15) is 0 Å². The van der Waals surface area contributed by atoms with E-state index in [0.717, 1.165) is 10.6 Å². The van der Waals surface area contributed by atoms with Crippen LogP contribution in [0.5, 0.6) is 17.2 Å². The van der Waals surface area contributed by atoms with Crippen molar-refractivity contribution in [3.8, 4) is 28.5 Å². The molecule has 7 heteroatoms. The maximum atomic E-state index is 13.3. The van der Waals surface area contributed by atoms with E-state index in [2.05, 4.69) is 4.98 Å². The summed E-state index contributed by atoms with van der Waals surface area (Å²) in [6.07, 6.45) is 3.63. The highest BCUT2D eigenvalue weighted by Crippen LogP contribution is 2.31. The lowest BCUT2D eigenvalue weighted by Gasteiger charge is -2.08. The number of fused-ring (bicyclic) bond motifs is 1. The van der Waals surface area contributed by atoms with E-state index < -0.39 is 0 Å². The van der Waals surface area contributed by atoms with Crippen LogP contribution in [0, 0.1) is 6.92 Å². The molecular formula is C24H21NO5S. The third-order valence-corrected chi connectivity index (χ3v) is 5.61. The summed E-state index contributed by atoms with van der Waals surface area (Å²) in [7, 11) is 4.75. The predicted octanol–water partition coefficient (Wildman–Crippen LogP) is 5.42. The van der Waals surface area contributed by atoms with Crippen LogP contribution in [0.2, 0.25) is 0 Å². The summed E-state index contributed by atoms with van der Waals surface area (Å²) in [5.74, 6) is 2.29. The smallest absolute Gasteiger partial charge is 0.202 e. The van der Waals surface area contributed by atoms with E-state index in [1.54, 1.807) is 45.6 Å². The normalized spacial score (nSPS) is 11.2. The number of benzene rings is 2. The Kier molecular flexibility index (Phi) is 5.77. The van der Waals surface area contributed by atoms with Gasteiger partial charge in [0.1, 0.15) is 17.1 Å². The molecule has 4 rings (SSSR count). The van der Waals surface area contributed by atoms with Crippen molar-refractivity contribution in [1.82, 2.24) is 4.98 Å². The standard InChI is InChI=1S/C24H21NO5S/c1-14-25-18(13-31-14)23-20(10-6-15-5-9-19(28-3)22(11-15)29-4)30-21-12-16(27-2)7-8-17(21)24(23)26/h5-13H,1-4H3. The Bertz CT molecular complexity index is 1340. The van der Waals surface area contributed by atoms with E-state index in [9.17, 15) is 4.79 Å². The Hall–Kier alpha value is -3.58. The quantitative estimate of drug-likeness (QED) is 0.403. The Balaban J connectivity index is 1.89. The number of hydrogen-bond acceptors (Lipinski definition) is 7. The third-order valence-electron chi connectivity index (χ3n) is 4.84. The lowest BCUT2D eigenvalue weighted by Crippen LogP contribution is -2.08. The average molecular weight is 436 g/mol. The molecule has 6 nitrogen and oxygen atoms in total. The molecule has 0 amide bonds. The van der Waals surface area contributed by atoms with Crippen molar-refractivity contribution in [3.05, 3.63) is 68.3 Å². The van der Waals surface area contributed by atoms with Gasteiger partial charge >= 0.3 is 0 Å². The summed E-state index contributed by atoms with van der Waals surface area (Å²) < 4.78 is 22.1. The van der Waals surface area contributed by atoms with E-state index >= 15 is 0 Å². The fraction of sp³-hybridized carbons (Fsp3) is 0.167. The summed E-state index contributed by atoms with van der Waals surface area (Å²) >= 11 is 1.49. The molecule has 2 aromatic heterocycles. The number of hydrogen-bond donors (Lipinski definition) is 0. The van der Waals surface area contributed by atoms with Gasteiger partial charge in [-0.25, -0.2) is 4.98 Å². The topological polar surface area (TPSA) is 70.8 Å². The molecule has 0 radical (unpaired) electrons. The van der Waals surface area contributed by atoms with Crippen LogP contribution in [0.3, 0.4) is 0 Å². The zero-order valence-electron chi connectivity index (χ0n) is 17.6. The fourth-order valence-electron chi connectivity index (χ4n) is 3.28. The predicted molar refractivity (Wildman–Crippen MR) is 123 cm³/mol. The summed E-state index contributed by atoms with van der Waals surface area (Å²) in [6, 6.07) is 10.7. The van der Waals surface area contributed by atoms with E-state index in [-0.39, 0.29) is 5.43 Å². The number of nitrogens with zero attached hydrogens (tertiary/aromatic N) is 1. The van der Waals surface area contributed by atoms with Gasteiger partial charge in [-0.1, -0.05) is 12.1 Å². The molecule has 0 spiro atoms. The van der Waals surface area contributed by atoms with Crippen molar-refractivity contribution in [2.45, 2.75) is 6.92 Å². The molecule has 0 fully saturated rings. The number of methoxy groups -OCH3 is 3. The molecule has 0 aliphatic rings. The highest BCUT2D eigenvalue weighted by atomic mass is 32.1. The van der Waals surface area contributed by atoms with E-state index in [1.807, 2.05) is 36.6 Å². The van der Waals surface area contributed by atoms with Gasteiger partial charge in [-0.3, -0.25) is 4.79 Å². The van der Waals surface area contributed by atoms with E-state index in [1.165, 1.54) is 11.3 Å². The molecule has 0 saturated carbocycles. The van der Waals surface area contributed by atoms with Crippen LogP contribution >= 0.6 is 11.3 Å². The van der Waals surface area contributed by atoms with Crippen molar-refractivity contribution in [1.29, 1.82) is 0 Å². The molecule has 0 unspecified atom stereocenters. The lowest BCUT2D eigenvalue weighted by atomic mass is 10.1. The Morgan fingerprint density at radius 1 is 0.968 bits per heavy atom. The van der Waals surface area contributed by atoms with Crippen LogP contribution < -0.4 is 19.6 Å². The van der Waals surface area contributed by atoms with Gasteiger partial charge in [0, 0.05) is 11.4 Å². The maximum absolute atomic E-state index is 13.3. The maximum Gasteiger partial charge on any atom is 0.202 e. The Morgan fingerprint density at radius 3 is 2.45 bits per heavy atom. The van der Waals surface area contributed by atoms with Gasteiger partial charge in [-0.05, 0) is 42.8 Å². The Morgan fingerprint density at radius 2 is 1.77 bits per heavy atom. The molecule has 0 atom stereocenters. The third kappa shape index (κ3) is 4.04. The molecule has 0 bridgehead atoms. The molecule has 0 N–H and O–H groups in total. The number of rotatable bonds is 6. The van der Waals surface area contributed by atoms with Crippen LogP contribution in [0.1, 0.15) is 16.3 Å². The van der Waals surface area contributed by atoms with Gasteiger partial charge < -0.3 is 18.6 Å². The van der Waals surface area contributed by atoms with Crippen LogP contribution in [0.4, 0.5) is 0 Å². The lowest BCUT2D eigenvalue weighted by molar-refractivity contribution is 0.355. The summed E-state index contributed by atoms with van der Waals surface area (Å²) in [6.45, 7) is 1.90. The second kappa shape index (κ2) is 8.65. The van der Waals surface area contributed by atoms with Gasteiger partial charge in [-0.15, -0.1) is 11.3 Å². The second-order valence-corrected chi connectivity index (χ2v) is 7.79. The minimum absolute atomic E-state index is 0.138. The molecule has 0 aliphatic carbocycles. The number of aryl methyl sites for hydroxylation is 1. The van der Waals surface area contributed by atoms with Crippen molar-refractivity contribution < 1.29 is 18.6 Å². The number of thiazole rings is 1. The van der Waals surface area contributed by atoms with Crippen LogP contribution in [0.25, 0.3) is 34.4 Å². The summed E-state index contributed by atoms with van der Waals surface area (Å²) in [5.41, 5.74) is 2.21. The zero-order valence-corrected chi connectivity index (χ0v) is 18.4. The minimum atomic E-state index is -0.138. The highest BCUT2D eigenvalue weighted by molar-refractivity contribution is 7.09. The summed E-state index contributed by atoms with van der Waals surface area (Å²) in [4.78, 5) is 17.9. The molecule has 0 saturated heterocycles. The van der Waals surface area contributed by atoms with Gasteiger partial charge in [0.25, 0.3) is 0 Å². The van der Waals surface area contributed by atoms with Crippen LogP contribution in [-0.4, -0.2) is 26.3 Å². The SMILES string of the molecule is COc1ccc2c(=O)c(-c3csc(C)n3)c(C=Cc3ccc(OC)c(OC)c3)oc2c1. The summed E-state index contributed by atoms with van der Waals surface area (Å²) in [5, 5.41) is 3.22. The first-order chi connectivity index (χ1) is 15.0. The first-order valence-corrected chi connectivity index (χ1v) is 10.4. The van der Waals surface area contributed by atoms with Gasteiger partial charge in [0.15, 0.2) is 11.5 Å². The fourth-order valence-corrected chi connectivity index (χ4v) is 3.89. The Labute approximate surface area is 183 Å². The van der Waals surface area contributed by atoms with Gasteiger partial charge in [0.2, 0.25) is 5.43 Å². The highest BCUT2D eigenvalue weighted by Gasteiger charge is 2.17. The van der Waals surface area contributed by atoms with Crippen molar-refractivity contribution >= 4 is 34.5 Å².